The fourth-order valence-corrected chi connectivity index (χ4v) is 1.91. The summed E-state index contributed by atoms with van der Waals surface area (Å²) in [7, 11) is 1.66. The molecular formula is C15H25ClN2O2. The molecule has 4 nitrogen and oxygen atoms in total. The third-order valence-corrected chi connectivity index (χ3v) is 3.20. The SMILES string of the molecule is COC(CNC(=O)c1cc(N)ccc1C)C(C)(C)C.Cl. The number of benzene rings is 1. The van der Waals surface area contributed by atoms with Gasteiger partial charge >= 0.3 is 0 Å². The average Bonchev–Trinajstić information content (AvgIpc) is 2.31. The van der Waals surface area contributed by atoms with Crippen molar-refractivity contribution >= 4 is 24.0 Å². The maximum absolute atomic E-state index is 12.1. The van der Waals surface area contributed by atoms with Gasteiger partial charge in [-0.2, -0.15) is 0 Å². The Morgan fingerprint density at radius 3 is 2.50 bits per heavy atom. The maximum atomic E-state index is 12.1. The molecule has 0 aliphatic rings. The monoisotopic (exact) mass is 300 g/mol. The highest BCUT2D eigenvalue weighted by atomic mass is 35.5. The maximum Gasteiger partial charge on any atom is 0.251 e. The van der Waals surface area contributed by atoms with Crippen LogP contribution in [0.5, 0.6) is 0 Å². The first-order valence-corrected chi connectivity index (χ1v) is 6.43. The van der Waals surface area contributed by atoms with E-state index in [2.05, 4.69) is 26.1 Å². The highest BCUT2D eigenvalue weighted by Gasteiger charge is 2.25. The van der Waals surface area contributed by atoms with Crippen LogP contribution in [-0.2, 0) is 4.74 Å². The number of hydrogen-bond donors (Lipinski definition) is 2. The summed E-state index contributed by atoms with van der Waals surface area (Å²) in [6.07, 6.45) is -0.0298. The van der Waals surface area contributed by atoms with E-state index in [1.54, 1.807) is 19.2 Å². The van der Waals surface area contributed by atoms with Crippen LogP contribution < -0.4 is 11.1 Å². The van der Waals surface area contributed by atoms with Gasteiger partial charge in [0.05, 0.1) is 6.10 Å². The molecule has 0 spiro atoms. The first kappa shape index (κ1) is 18.7. The van der Waals surface area contributed by atoms with Gasteiger partial charge in [0.25, 0.3) is 5.91 Å². The number of amides is 1. The molecule has 0 fully saturated rings. The minimum absolute atomic E-state index is 0. The number of ether oxygens (including phenoxy) is 1. The second-order valence-electron chi connectivity index (χ2n) is 5.87. The molecule has 0 heterocycles. The summed E-state index contributed by atoms with van der Waals surface area (Å²) in [6.45, 7) is 8.62. The Morgan fingerprint density at radius 2 is 2.00 bits per heavy atom. The van der Waals surface area contributed by atoms with Crippen LogP contribution in [0.1, 0.15) is 36.7 Å². The summed E-state index contributed by atoms with van der Waals surface area (Å²) in [5, 5.41) is 2.91. The fraction of sp³-hybridized carbons (Fsp3) is 0.533. The molecule has 3 N–H and O–H groups in total. The van der Waals surface area contributed by atoms with E-state index in [1.165, 1.54) is 0 Å². The van der Waals surface area contributed by atoms with Crippen LogP contribution in [0, 0.1) is 12.3 Å². The zero-order chi connectivity index (χ0) is 14.6. The third-order valence-electron chi connectivity index (χ3n) is 3.20. The van der Waals surface area contributed by atoms with E-state index >= 15 is 0 Å². The van der Waals surface area contributed by atoms with E-state index in [9.17, 15) is 4.79 Å². The summed E-state index contributed by atoms with van der Waals surface area (Å²) in [5.41, 5.74) is 7.81. The Balaban J connectivity index is 0.00000361. The zero-order valence-corrected chi connectivity index (χ0v) is 13.6. The first-order chi connectivity index (χ1) is 8.75. The highest BCUT2D eigenvalue weighted by Crippen LogP contribution is 2.21. The summed E-state index contributed by atoms with van der Waals surface area (Å²) in [5.74, 6) is -0.115. The van der Waals surface area contributed by atoms with Crippen LogP contribution >= 0.6 is 12.4 Å². The van der Waals surface area contributed by atoms with E-state index in [0.29, 0.717) is 17.8 Å². The summed E-state index contributed by atoms with van der Waals surface area (Å²) >= 11 is 0. The second kappa shape index (κ2) is 7.50. The number of nitrogens with one attached hydrogen (secondary N) is 1. The lowest BCUT2D eigenvalue weighted by Gasteiger charge is -2.29. The number of aryl methyl sites for hydroxylation is 1. The van der Waals surface area contributed by atoms with Gasteiger partial charge in [0.15, 0.2) is 0 Å². The lowest BCUT2D eigenvalue weighted by Crippen LogP contribution is -2.40. The molecule has 1 unspecified atom stereocenters. The normalized spacial score (nSPS) is 12.4. The molecule has 0 saturated carbocycles. The topological polar surface area (TPSA) is 64.3 Å². The number of nitrogen functional groups attached to an aromatic ring is 1. The van der Waals surface area contributed by atoms with E-state index in [-0.39, 0.29) is 29.8 Å². The molecule has 1 aromatic rings. The molecular weight excluding hydrogens is 276 g/mol. The van der Waals surface area contributed by atoms with Crippen molar-refractivity contribution in [3.05, 3.63) is 29.3 Å². The lowest BCUT2D eigenvalue weighted by atomic mass is 9.89. The molecule has 1 atom stereocenters. The van der Waals surface area contributed by atoms with Gasteiger partial charge in [-0.1, -0.05) is 26.8 Å². The molecule has 1 amide bonds. The van der Waals surface area contributed by atoms with Crippen LogP contribution in [0.3, 0.4) is 0 Å². The molecule has 0 bridgehead atoms. The number of hydrogen-bond acceptors (Lipinski definition) is 3. The van der Waals surface area contributed by atoms with Gasteiger partial charge in [-0.05, 0) is 30.0 Å². The number of halogens is 1. The summed E-state index contributed by atoms with van der Waals surface area (Å²) < 4.78 is 5.42. The lowest BCUT2D eigenvalue weighted by molar-refractivity contribution is 0.0176. The molecule has 5 heteroatoms. The molecule has 114 valence electrons. The Labute approximate surface area is 127 Å². The van der Waals surface area contributed by atoms with E-state index < -0.39 is 0 Å². The standard InChI is InChI=1S/C15H24N2O2.ClH/c1-10-6-7-11(16)8-12(10)14(18)17-9-13(19-5)15(2,3)4;/h6-8,13H,9,16H2,1-5H3,(H,17,18);1H. The van der Waals surface area contributed by atoms with Gasteiger partial charge in [0, 0.05) is 24.9 Å². The van der Waals surface area contributed by atoms with Crippen molar-refractivity contribution in [3.63, 3.8) is 0 Å². The van der Waals surface area contributed by atoms with Crippen LogP contribution in [0.15, 0.2) is 18.2 Å². The minimum Gasteiger partial charge on any atom is -0.399 e. The Hall–Kier alpha value is -1.26. The Morgan fingerprint density at radius 1 is 1.40 bits per heavy atom. The molecule has 1 aromatic carbocycles. The molecule has 0 aliphatic carbocycles. The van der Waals surface area contributed by atoms with Crippen molar-refractivity contribution < 1.29 is 9.53 Å². The number of methoxy groups -OCH3 is 1. The molecule has 1 rings (SSSR count). The number of anilines is 1. The fourth-order valence-electron chi connectivity index (χ4n) is 1.91. The Kier molecular flexibility index (Phi) is 7.03. The zero-order valence-electron chi connectivity index (χ0n) is 12.8. The van der Waals surface area contributed by atoms with Crippen molar-refractivity contribution in [2.45, 2.75) is 33.8 Å². The van der Waals surface area contributed by atoms with Crippen LogP contribution in [0.25, 0.3) is 0 Å². The van der Waals surface area contributed by atoms with Crippen LogP contribution in [0.4, 0.5) is 5.69 Å². The van der Waals surface area contributed by atoms with Gasteiger partial charge in [-0.15, -0.1) is 12.4 Å². The van der Waals surface area contributed by atoms with Crippen LogP contribution in [0.2, 0.25) is 0 Å². The van der Waals surface area contributed by atoms with Crippen molar-refractivity contribution in [3.8, 4) is 0 Å². The van der Waals surface area contributed by atoms with Crippen molar-refractivity contribution in [2.24, 2.45) is 5.41 Å². The molecule has 0 radical (unpaired) electrons. The smallest absolute Gasteiger partial charge is 0.251 e. The predicted molar refractivity (Wildman–Crippen MR) is 85.4 cm³/mol. The molecule has 0 aromatic heterocycles. The van der Waals surface area contributed by atoms with E-state index in [4.69, 9.17) is 10.5 Å². The van der Waals surface area contributed by atoms with Gasteiger partial charge in [-0.25, -0.2) is 0 Å². The molecule has 0 aliphatic heterocycles. The minimum atomic E-state index is -0.115. The summed E-state index contributed by atoms with van der Waals surface area (Å²) in [6, 6.07) is 5.34. The quantitative estimate of drug-likeness (QED) is 0.840. The third kappa shape index (κ3) is 5.02. The predicted octanol–water partition coefficient (Wildman–Crippen LogP) is 2.79. The van der Waals surface area contributed by atoms with Gasteiger partial charge in [0.1, 0.15) is 0 Å². The highest BCUT2D eigenvalue weighted by molar-refractivity contribution is 5.96. The van der Waals surface area contributed by atoms with Crippen LogP contribution in [-0.4, -0.2) is 25.7 Å². The van der Waals surface area contributed by atoms with Crippen molar-refractivity contribution in [1.82, 2.24) is 5.32 Å². The second-order valence-corrected chi connectivity index (χ2v) is 5.87. The van der Waals surface area contributed by atoms with E-state index in [0.717, 1.165) is 5.56 Å². The Bertz CT molecular complexity index is 456. The van der Waals surface area contributed by atoms with E-state index in [1.807, 2.05) is 13.0 Å². The van der Waals surface area contributed by atoms with Crippen molar-refractivity contribution in [1.29, 1.82) is 0 Å². The first-order valence-electron chi connectivity index (χ1n) is 6.43. The number of nitrogens with two attached hydrogens (primary N) is 1. The van der Waals surface area contributed by atoms with Gasteiger partial charge in [0.2, 0.25) is 0 Å². The van der Waals surface area contributed by atoms with Gasteiger partial charge < -0.3 is 15.8 Å². The number of carbonyl (C=O) groups is 1. The molecule has 0 saturated heterocycles. The van der Waals surface area contributed by atoms with Crippen molar-refractivity contribution in [2.75, 3.05) is 19.4 Å². The van der Waals surface area contributed by atoms with Gasteiger partial charge in [-0.3, -0.25) is 4.79 Å². The average molecular weight is 301 g/mol. The largest absolute Gasteiger partial charge is 0.399 e. The molecule has 20 heavy (non-hydrogen) atoms. The number of rotatable bonds is 4. The summed E-state index contributed by atoms with van der Waals surface area (Å²) in [4.78, 5) is 12.1. The number of carbonyl (C=O) groups excluding carboxylic acids is 1.